The Bertz CT molecular complexity index is 1150. The number of nitrogens with zero attached hydrogens (tertiary/aromatic N) is 4. The largest absolute Gasteiger partial charge is 0.337 e. The predicted octanol–water partition coefficient (Wildman–Crippen LogP) is 2.73. The molecule has 0 saturated carbocycles. The van der Waals surface area contributed by atoms with Crippen LogP contribution in [0.2, 0.25) is 0 Å². The van der Waals surface area contributed by atoms with Crippen molar-refractivity contribution >= 4 is 29.1 Å². The first-order valence-electron chi connectivity index (χ1n) is 10.0. The Labute approximate surface area is 181 Å². The molecule has 156 valence electrons. The van der Waals surface area contributed by atoms with Gasteiger partial charge in [0.25, 0.3) is 11.5 Å². The van der Waals surface area contributed by atoms with Crippen LogP contribution in [-0.4, -0.2) is 52.2 Å². The van der Waals surface area contributed by atoms with E-state index in [9.17, 15) is 9.59 Å². The van der Waals surface area contributed by atoms with E-state index in [4.69, 9.17) is 0 Å². The van der Waals surface area contributed by atoms with Crippen LogP contribution in [0.4, 0.5) is 0 Å². The molecule has 2 aromatic carbocycles. The van der Waals surface area contributed by atoms with Crippen LogP contribution in [0, 0.1) is 11.8 Å². The number of carbonyl (C=O) groups is 1. The second-order valence-corrected chi connectivity index (χ2v) is 8.25. The van der Waals surface area contributed by atoms with Gasteiger partial charge in [0.15, 0.2) is 5.69 Å². The molecule has 0 spiro atoms. The molecule has 2 aliphatic rings. The highest BCUT2D eigenvalue weighted by atomic mass is 35.5. The van der Waals surface area contributed by atoms with Gasteiger partial charge in [-0.2, -0.15) is 5.10 Å². The van der Waals surface area contributed by atoms with E-state index in [1.807, 2.05) is 29.2 Å². The van der Waals surface area contributed by atoms with Crippen LogP contribution in [0.15, 0.2) is 59.4 Å². The van der Waals surface area contributed by atoms with E-state index < -0.39 is 0 Å². The van der Waals surface area contributed by atoms with Gasteiger partial charge in [0.2, 0.25) is 0 Å². The highest BCUT2D eigenvalue weighted by Gasteiger charge is 2.47. The molecule has 2 fully saturated rings. The summed E-state index contributed by atoms with van der Waals surface area (Å²) in [5, 5.41) is 5.50. The molecule has 3 atom stereocenters. The maximum atomic E-state index is 13.4. The van der Waals surface area contributed by atoms with Crippen LogP contribution in [0.5, 0.6) is 0 Å². The Morgan fingerprint density at radius 3 is 2.33 bits per heavy atom. The number of benzene rings is 2. The summed E-state index contributed by atoms with van der Waals surface area (Å²) in [4.78, 5) is 30.1. The fraction of sp³-hybridized carbons (Fsp3) is 0.348. The number of hydrogen-bond acceptors (Lipinski definition) is 4. The molecular weight excluding hydrogens is 400 g/mol. The van der Waals surface area contributed by atoms with Gasteiger partial charge in [-0.05, 0) is 24.6 Å². The second-order valence-electron chi connectivity index (χ2n) is 8.25. The quantitative estimate of drug-likeness (QED) is 0.634. The first-order chi connectivity index (χ1) is 14.0. The number of likely N-dealkylation sites (tertiary alicyclic amines) is 2. The van der Waals surface area contributed by atoms with Crippen molar-refractivity contribution in [2.45, 2.75) is 6.04 Å². The first kappa shape index (κ1) is 20.6. The van der Waals surface area contributed by atoms with Gasteiger partial charge in [0.1, 0.15) is 0 Å². The van der Waals surface area contributed by atoms with Crippen LogP contribution in [0.1, 0.15) is 22.1 Å². The molecule has 3 aromatic rings. The van der Waals surface area contributed by atoms with E-state index in [1.165, 1.54) is 10.2 Å². The molecule has 7 heteroatoms. The van der Waals surface area contributed by atoms with E-state index >= 15 is 0 Å². The summed E-state index contributed by atoms with van der Waals surface area (Å²) in [6, 6.07) is 18.1. The smallest absolute Gasteiger partial charge is 0.274 e. The zero-order valence-corrected chi connectivity index (χ0v) is 17.9. The van der Waals surface area contributed by atoms with E-state index in [2.05, 4.69) is 41.3 Å². The van der Waals surface area contributed by atoms with Gasteiger partial charge in [0.05, 0.1) is 5.39 Å². The van der Waals surface area contributed by atoms with E-state index in [0.29, 0.717) is 40.9 Å². The standard InChI is InChI=1S/C23H24N4O2.ClH/c1-25-12-16-13-27(14-19(16)21(25)15-8-4-3-5-9-15)23(29)20-17-10-6-7-11-18(17)22(28)26(2)24-20;/h3-11,16,19,21H,12-14H2,1-2H3;1H/t16-,19+,21-;/m0./s1. The molecule has 6 nitrogen and oxygen atoms in total. The molecule has 1 amide bonds. The highest BCUT2D eigenvalue weighted by Crippen LogP contribution is 2.44. The zero-order chi connectivity index (χ0) is 20.1. The summed E-state index contributed by atoms with van der Waals surface area (Å²) in [5.74, 6) is 0.777. The minimum atomic E-state index is -0.179. The number of carbonyl (C=O) groups excluding carboxylic acids is 1. The second kappa shape index (κ2) is 7.85. The molecule has 5 rings (SSSR count). The van der Waals surface area contributed by atoms with Gasteiger partial charge < -0.3 is 4.90 Å². The number of halogens is 1. The summed E-state index contributed by atoms with van der Waals surface area (Å²) in [6.07, 6.45) is 0. The average Bonchev–Trinajstić information content (AvgIpc) is 3.27. The lowest BCUT2D eigenvalue weighted by Gasteiger charge is -2.27. The fourth-order valence-corrected chi connectivity index (χ4v) is 5.18. The average molecular weight is 425 g/mol. The summed E-state index contributed by atoms with van der Waals surface area (Å²) in [7, 11) is 3.77. The third-order valence-corrected chi connectivity index (χ3v) is 6.48. The van der Waals surface area contributed by atoms with Gasteiger partial charge in [0, 0.05) is 44.0 Å². The van der Waals surface area contributed by atoms with Gasteiger partial charge in [-0.3, -0.25) is 14.5 Å². The lowest BCUT2D eigenvalue weighted by atomic mass is 9.90. The minimum Gasteiger partial charge on any atom is -0.337 e. The lowest BCUT2D eigenvalue weighted by Crippen LogP contribution is -2.35. The minimum absolute atomic E-state index is 0. The van der Waals surface area contributed by atoms with Crippen molar-refractivity contribution in [2.75, 3.05) is 26.7 Å². The van der Waals surface area contributed by atoms with E-state index in [1.54, 1.807) is 13.1 Å². The van der Waals surface area contributed by atoms with Crippen molar-refractivity contribution in [1.29, 1.82) is 0 Å². The van der Waals surface area contributed by atoms with Crippen molar-refractivity contribution in [3.8, 4) is 0 Å². The third-order valence-electron chi connectivity index (χ3n) is 6.48. The van der Waals surface area contributed by atoms with Crippen LogP contribution >= 0.6 is 12.4 Å². The maximum absolute atomic E-state index is 13.4. The van der Waals surface area contributed by atoms with Crippen LogP contribution in [0.25, 0.3) is 10.8 Å². The van der Waals surface area contributed by atoms with Crippen molar-refractivity contribution < 1.29 is 4.79 Å². The van der Waals surface area contributed by atoms with Crippen molar-refractivity contribution in [1.82, 2.24) is 19.6 Å². The molecular formula is C23H25ClN4O2. The van der Waals surface area contributed by atoms with Gasteiger partial charge >= 0.3 is 0 Å². The molecule has 2 saturated heterocycles. The molecule has 0 radical (unpaired) electrons. The summed E-state index contributed by atoms with van der Waals surface area (Å²) in [5.41, 5.74) is 1.50. The number of rotatable bonds is 2. The molecule has 1 aromatic heterocycles. The van der Waals surface area contributed by atoms with Crippen LogP contribution < -0.4 is 5.56 Å². The van der Waals surface area contributed by atoms with Crippen molar-refractivity contribution in [3.63, 3.8) is 0 Å². The first-order valence-corrected chi connectivity index (χ1v) is 10.0. The topological polar surface area (TPSA) is 58.4 Å². The van der Waals surface area contributed by atoms with Crippen LogP contribution in [0.3, 0.4) is 0 Å². The maximum Gasteiger partial charge on any atom is 0.274 e. The summed E-state index contributed by atoms with van der Waals surface area (Å²) >= 11 is 0. The van der Waals surface area contributed by atoms with Gasteiger partial charge in [-0.15, -0.1) is 12.4 Å². The van der Waals surface area contributed by atoms with E-state index in [-0.39, 0.29) is 23.9 Å². The van der Waals surface area contributed by atoms with Gasteiger partial charge in [-0.25, -0.2) is 4.68 Å². The van der Waals surface area contributed by atoms with Crippen LogP contribution in [-0.2, 0) is 7.05 Å². The Morgan fingerprint density at radius 2 is 1.60 bits per heavy atom. The number of aromatic nitrogens is 2. The zero-order valence-electron chi connectivity index (χ0n) is 17.1. The van der Waals surface area contributed by atoms with Gasteiger partial charge in [-0.1, -0.05) is 48.5 Å². The molecule has 2 aliphatic heterocycles. The Morgan fingerprint density at radius 1 is 0.933 bits per heavy atom. The summed E-state index contributed by atoms with van der Waals surface area (Å²) < 4.78 is 1.27. The Balaban J connectivity index is 0.00000218. The Kier molecular flexibility index (Phi) is 5.38. The predicted molar refractivity (Wildman–Crippen MR) is 119 cm³/mol. The summed E-state index contributed by atoms with van der Waals surface area (Å²) in [6.45, 7) is 2.43. The molecule has 3 heterocycles. The number of aryl methyl sites for hydroxylation is 1. The monoisotopic (exact) mass is 424 g/mol. The SMILES string of the molecule is CN1C[C@H]2CN(C(=O)c3nn(C)c(=O)c4ccccc34)C[C@H]2[C@@H]1c1ccccc1.Cl. The number of fused-ring (bicyclic) bond motifs is 2. The number of amides is 1. The normalized spacial score (nSPS) is 23.4. The Hall–Kier alpha value is -2.70. The molecule has 0 bridgehead atoms. The molecule has 0 aliphatic carbocycles. The molecule has 0 unspecified atom stereocenters. The van der Waals surface area contributed by atoms with Crippen molar-refractivity contribution in [3.05, 3.63) is 76.2 Å². The fourth-order valence-electron chi connectivity index (χ4n) is 5.18. The lowest BCUT2D eigenvalue weighted by molar-refractivity contribution is 0.0762. The number of hydrogen-bond donors (Lipinski definition) is 0. The van der Waals surface area contributed by atoms with Crippen molar-refractivity contribution in [2.24, 2.45) is 18.9 Å². The molecule has 30 heavy (non-hydrogen) atoms. The van der Waals surface area contributed by atoms with E-state index in [0.717, 1.165) is 13.1 Å². The molecule has 0 N–H and O–H groups in total. The highest BCUT2D eigenvalue weighted by molar-refractivity contribution is 6.04. The third kappa shape index (κ3) is 3.20.